The van der Waals surface area contributed by atoms with Crippen LogP contribution in [0, 0.1) is 0 Å². The lowest BCUT2D eigenvalue weighted by atomic mass is 10.0. The maximum absolute atomic E-state index is 12.7. The van der Waals surface area contributed by atoms with Crippen molar-refractivity contribution in [1.82, 2.24) is 19.4 Å². The lowest BCUT2D eigenvalue weighted by Gasteiger charge is -2.39. The third-order valence-corrected chi connectivity index (χ3v) is 4.87. The first-order chi connectivity index (χ1) is 11.7. The van der Waals surface area contributed by atoms with Gasteiger partial charge in [-0.15, -0.1) is 0 Å². The highest BCUT2D eigenvalue weighted by Gasteiger charge is 2.28. The molecule has 0 N–H and O–H groups in total. The van der Waals surface area contributed by atoms with E-state index in [1.165, 1.54) is 5.56 Å². The van der Waals surface area contributed by atoms with Gasteiger partial charge in [0.25, 0.3) is 0 Å². The first kappa shape index (κ1) is 16.7. The lowest BCUT2D eigenvalue weighted by molar-refractivity contribution is -0.134. The number of rotatable bonds is 5. The normalized spacial score (nSPS) is 18.8. The molecule has 3 rings (SSSR count). The summed E-state index contributed by atoms with van der Waals surface area (Å²) in [6.07, 6.45) is 5.20. The number of benzene rings is 1. The van der Waals surface area contributed by atoms with Crippen LogP contribution in [-0.4, -0.2) is 51.9 Å². The van der Waals surface area contributed by atoms with Gasteiger partial charge >= 0.3 is 0 Å². The van der Waals surface area contributed by atoms with Crippen LogP contribution < -0.4 is 0 Å². The number of likely N-dealkylation sites (N-methyl/N-ethyl adjacent to an activating group) is 1. The Morgan fingerprint density at radius 1 is 1.25 bits per heavy atom. The van der Waals surface area contributed by atoms with E-state index in [2.05, 4.69) is 52.7 Å². The van der Waals surface area contributed by atoms with Crippen LogP contribution in [0.25, 0.3) is 0 Å². The second kappa shape index (κ2) is 7.62. The minimum absolute atomic E-state index is 0.236. The molecule has 2 aromatic rings. The summed E-state index contributed by atoms with van der Waals surface area (Å²) in [5, 5.41) is 0. The molecule has 1 aliphatic heterocycles. The number of carbonyl (C=O) groups is 1. The SMILES string of the molecule is CCc1nccn1CCC(=O)N1CCN(C)[C@@H](c2ccccc2)C1. The van der Waals surface area contributed by atoms with Gasteiger partial charge in [-0.05, 0) is 12.6 Å². The Balaban J connectivity index is 1.61. The number of nitrogens with zero attached hydrogens (tertiary/aromatic N) is 4. The standard InChI is InChI=1S/C19H26N4O/c1-3-18-20-10-12-22(18)11-9-19(24)23-14-13-21(2)17(15-23)16-7-5-4-6-8-16/h4-8,10,12,17H,3,9,11,13-15H2,1-2H3/t17-/m1/s1. The highest BCUT2D eigenvalue weighted by atomic mass is 16.2. The number of amides is 1. The number of aromatic nitrogens is 2. The zero-order valence-electron chi connectivity index (χ0n) is 14.6. The Bertz CT molecular complexity index is 667. The summed E-state index contributed by atoms with van der Waals surface area (Å²) in [5.41, 5.74) is 1.28. The summed E-state index contributed by atoms with van der Waals surface area (Å²) in [5.74, 6) is 1.28. The summed E-state index contributed by atoms with van der Waals surface area (Å²) in [4.78, 5) is 21.3. The van der Waals surface area contributed by atoms with Gasteiger partial charge in [0.1, 0.15) is 5.82 Å². The van der Waals surface area contributed by atoms with E-state index in [1.807, 2.05) is 23.4 Å². The smallest absolute Gasteiger partial charge is 0.224 e. The summed E-state index contributed by atoms with van der Waals surface area (Å²) in [7, 11) is 2.14. The number of hydrogen-bond donors (Lipinski definition) is 0. The molecule has 2 heterocycles. The Labute approximate surface area is 143 Å². The van der Waals surface area contributed by atoms with Gasteiger partial charge in [-0.25, -0.2) is 4.98 Å². The van der Waals surface area contributed by atoms with Gasteiger partial charge in [-0.2, -0.15) is 0 Å². The molecule has 0 aliphatic carbocycles. The Kier molecular flexibility index (Phi) is 5.30. The van der Waals surface area contributed by atoms with Crippen molar-refractivity contribution in [3.8, 4) is 0 Å². The first-order valence-corrected chi connectivity index (χ1v) is 8.72. The topological polar surface area (TPSA) is 41.4 Å². The second-order valence-electron chi connectivity index (χ2n) is 6.39. The van der Waals surface area contributed by atoms with Gasteiger partial charge < -0.3 is 9.47 Å². The molecule has 128 valence electrons. The second-order valence-corrected chi connectivity index (χ2v) is 6.39. The van der Waals surface area contributed by atoms with Gasteiger partial charge in [-0.1, -0.05) is 37.3 Å². The molecule has 5 heteroatoms. The Morgan fingerprint density at radius 3 is 2.79 bits per heavy atom. The molecule has 1 amide bonds. The number of carbonyl (C=O) groups excluding carboxylic acids is 1. The minimum Gasteiger partial charge on any atom is -0.339 e. The molecular formula is C19H26N4O. The van der Waals surface area contributed by atoms with Crippen LogP contribution in [-0.2, 0) is 17.8 Å². The molecule has 5 nitrogen and oxygen atoms in total. The van der Waals surface area contributed by atoms with E-state index >= 15 is 0 Å². The van der Waals surface area contributed by atoms with Crippen LogP contribution in [0.5, 0.6) is 0 Å². The average Bonchev–Trinajstić information content (AvgIpc) is 3.08. The van der Waals surface area contributed by atoms with Gasteiger partial charge in [0.05, 0.1) is 6.04 Å². The van der Waals surface area contributed by atoms with E-state index in [9.17, 15) is 4.79 Å². The molecule has 0 saturated carbocycles. The van der Waals surface area contributed by atoms with Crippen LogP contribution in [0.2, 0.25) is 0 Å². The molecule has 1 aromatic heterocycles. The van der Waals surface area contributed by atoms with Crippen LogP contribution in [0.3, 0.4) is 0 Å². The van der Waals surface area contributed by atoms with Crippen molar-refractivity contribution >= 4 is 5.91 Å². The molecule has 0 bridgehead atoms. The summed E-state index contributed by atoms with van der Waals surface area (Å²) in [6.45, 7) is 5.29. The fourth-order valence-electron chi connectivity index (χ4n) is 3.37. The van der Waals surface area contributed by atoms with Crippen LogP contribution in [0.1, 0.15) is 30.8 Å². The van der Waals surface area contributed by atoms with Crippen molar-refractivity contribution in [3.05, 3.63) is 54.1 Å². The molecule has 0 spiro atoms. The zero-order chi connectivity index (χ0) is 16.9. The monoisotopic (exact) mass is 326 g/mol. The Hall–Kier alpha value is -2.14. The first-order valence-electron chi connectivity index (χ1n) is 8.72. The zero-order valence-corrected chi connectivity index (χ0v) is 14.6. The number of piperazine rings is 1. The molecule has 1 saturated heterocycles. The summed E-state index contributed by atoms with van der Waals surface area (Å²) < 4.78 is 2.09. The highest BCUT2D eigenvalue weighted by molar-refractivity contribution is 5.76. The molecule has 1 fully saturated rings. The van der Waals surface area contributed by atoms with E-state index in [4.69, 9.17) is 0 Å². The van der Waals surface area contributed by atoms with Crippen molar-refractivity contribution in [2.24, 2.45) is 0 Å². The predicted molar refractivity (Wildman–Crippen MR) is 94.6 cm³/mol. The maximum Gasteiger partial charge on any atom is 0.224 e. The lowest BCUT2D eigenvalue weighted by Crippen LogP contribution is -2.49. The van der Waals surface area contributed by atoms with Crippen molar-refractivity contribution in [2.75, 3.05) is 26.7 Å². The van der Waals surface area contributed by atoms with Gasteiger partial charge in [0.15, 0.2) is 0 Å². The highest BCUT2D eigenvalue weighted by Crippen LogP contribution is 2.24. The van der Waals surface area contributed by atoms with E-state index in [-0.39, 0.29) is 11.9 Å². The fraction of sp³-hybridized carbons (Fsp3) is 0.474. The third kappa shape index (κ3) is 3.67. The van der Waals surface area contributed by atoms with Crippen LogP contribution in [0.15, 0.2) is 42.7 Å². The number of hydrogen-bond acceptors (Lipinski definition) is 3. The minimum atomic E-state index is 0.236. The molecular weight excluding hydrogens is 300 g/mol. The van der Waals surface area contributed by atoms with Crippen molar-refractivity contribution in [3.63, 3.8) is 0 Å². The summed E-state index contributed by atoms with van der Waals surface area (Å²) in [6, 6.07) is 10.7. The van der Waals surface area contributed by atoms with Crippen molar-refractivity contribution in [2.45, 2.75) is 32.4 Å². The maximum atomic E-state index is 12.7. The number of aryl methyl sites for hydroxylation is 2. The quantitative estimate of drug-likeness (QED) is 0.847. The van der Waals surface area contributed by atoms with E-state index in [0.29, 0.717) is 13.0 Å². The molecule has 0 radical (unpaired) electrons. The van der Waals surface area contributed by atoms with Crippen molar-refractivity contribution in [1.29, 1.82) is 0 Å². The Morgan fingerprint density at radius 2 is 2.04 bits per heavy atom. The molecule has 1 aromatic carbocycles. The van der Waals surface area contributed by atoms with E-state index < -0.39 is 0 Å². The average molecular weight is 326 g/mol. The fourth-order valence-corrected chi connectivity index (χ4v) is 3.37. The third-order valence-electron chi connectivity index (χ3n) is 4.87. The molecule has 24 heavy (non-hydrogen) atoms. The van der Waals surface area contributed by atoms with Crippen molar-refractivity contribution < 1.29 is 4.79 Å². The van der Waals surface area contributed by atoms with E-state index in [1.54, 1.807) is 0 Å². The van der Waals surface area contributed by atoms with E-state index in [0.717, 1.165) is 31.9 Å². The summed E-state index contributed by atoms with van der Waals surface area (Å²) >= 11 is 0. The molecule has 1 aliphatic rings. The van der Waals surface area contributed by atoms with Crippen LogP contribution >= 0.6 is 0 Å². The molecule has 1 atom stereocenters. The number of imidazole rings is 1. The van der Waals surface area contributed by atoms with Crippen LogP contribution in [0.4, 0.5) is 0 Å². The van der Waals surface area contributed by atoms with Gasteiger partial charge in [0.2, 0.25) is 5.91 Å². The predicted octanol–water partition coefficient (Wildman–Crippen LogP) is 2.35. The van der Waals surface area contributed by atoms with Gasteiger partial charge in [-0.3, -0.25) is 9.69 Å². The largest absolute Gasteiger partial charge is 0.339 e. The van der Waals surface area contributed by atoms with Gasteiger partial charge in [0, 0.05) is 51.4 Å². The molecule has 0 unspecified atom stereocenters.